The molecule has 1 aliphatic carbocycles. The summed E-state index contributed by atoms with van der Waals surface area (Å²) in [5.41, 5.74) is -3.11. The Labute approximate surface area is 341 Å². The number of aliphatic hydroxyl groups is 5. The highest BCUT2D eigenvalue weighted by Gasteiger charge is 2.69. The van der Waals surface area contributed by atoms with Crippen LogP contribution in [0.3, 0.4) is 0 Å². The molecule has 2 bridgehead atoms. The van der Waals surface area contributed by atoms with Crippen LogP contribution in [0.5, 0.6) is 34.5 Å². The topological polar surface area (TPSA) is 286 Å². The van der Waals surface area contributed by atoms with E-state index in [1.807, 2.05) is 6.92 Å². The van der Waals surface area contributed by atoms with Crippen molar-refractivity contribution >= 4 is 35.3 Å². The van der Waals surface area contributed by atoms with E-state index in [0.29, 0.717) is 29.0 Å². The number of hydrogen-bond acceptors (Lipinski definition) is 16. The molecule has 0 spiro atoms. The Morgan fingerprint density at radius 1 is 1.05 bits per heavy atom. The third-order valence-corrected chi connectivity index (χ3v) is 10.8. The molecule has 18 heteroatoms. The number of carboxylic acid groups (broad SMARTS) is 1. The van der Waals surface area contributed by atoms with Crippen molar-refractivity contribution in [2.45, 2.75) is 61.9 Å². The highest BCUT2D eigenvalue weighted by molar-refractivity contribution is 6.15. The first-order valence-corrected chi connectivity index (χ1v) is 18.8. The number of aliphatic carboxylic acids is 1. The molecule has 312 valence electrons. The van der Waals surface area contributed by atoms with Gasteiger partial charge in [0.15, 0.2) is 23.2 Å². The Bertz CT molecular complexity index is 2430. The number of aliphatic imine (C=N–C) groups is 3. The average Bonchev–Trinajstić information content (AvgIpc) is 3.92. The fourth-order valence-electron chi connectivity index (χ4n) is 7.73. The number of nitrogens with one attached hydrogen (secondary N) is 1. The van der Waals surface area contributed by atoms with Crippen molar-refractivity contribution in [3.05, 3.63) is 101 Å². The normalized spacial score (nSPS) is 28.0. The van der Waals surface area contributed by atoms with E-state index >= 15 is 0 Å². The number of phenolic OH excluding ortho intramolecular Hbond substituents is 2. The van der Waals surface area contributed by atoms with Crippen LogP contribution in [0.2, 0.25) is 0 Å². The Kier molecular flexibility index (Phi) is 10.4. The molecule has 18 nitrogen and oxygen atoms in total. The molecule has 8 atom stereocenters. The summed E-state index contributed by atoms with van der Waals surface area (Å²) < 4.78 is 29.9. The predicted molar refractivity (Wildman–Crippen MR) is 212 cm³/mol. The quantitative estimate of drug-likeness (QED) is 0.112. The van der Waals surface area contributed by atoms with Crippen LogP contribution >= 0.6 is 0 Å². The van der Waals surface area contributed by atoms with Crippen molar-refractivity contribution < 1.29 is 69.3 Å². The number of carbonyl (C=O) groups is 1. The fraction of sp³-hybridized carbons (Fsp3) is 0.310. The van der Waals surface area contributed by atoms with Crippen molar-refractivity contribution in [3.8, 4) is 34.5 Å². The van der Waals surface area contributed by atoms with Crippen LogP contribution in [0, 0.1) is 11.3 Å². The van der Waals surface area contributed by atoms with E-state index in [1.54, 1.807) is 36.4 Å². The van der Waals surface area contributed by atoms with Gasteiger partial charge in [-0.15, -0.1) is 0 Å². The molecule has 1 saturated heterocycles. The molecule has 0 aromatic heterocycles. The van der Waals surface area contributed by atoms with Gasteiger partial charge in [0.2, 0.25) is 12.0 Å². The molecule has 0 saturated carbocycles. The van der Waals surface area contributed by atoms with Crippen molar-refractivity contribution in [2.75, 3.05) is 13.2 Å². The molecule has 4 heterocycles. The first kappa shape index (κ1) is 40.2. The minimum atomic E-state index is -2.63. The number of carboxylic acids is 1. The van der Waals surface area contributed by atoms with E-state index in [2.05, 4.69) is 15.0 Å². The molecular weight excluding hydrogens is 784 g/mol. The summed E-state index contributed by atoms with van der Waals surface area (Å²) >= 11 is 0. The zero-order chi connectivity index (χ0) is 42.5. The van der Waals surface area contributed by atoms with Gasteiger partial charge in [0.05, 0.1) is 23.9 Å². The molecular formula is C42H40N4O14. The number of amidine groups is 1. The average molecular weight is 825 g/mol. The number of nitrogens with zero attached hydrogens (tertiary/aromatic N) is 3. The smallest absolute Gasteiger partial charge is 0.336 e. The number of fused-ring (bicyclic) bond motifs is 3. The van der Waals surface area contributed by atoms with Crippen LogP contribution in [-0.4, -0.2) is 119 Å². The van der Waals surface area contributed by atoms with Crippen molar-refractivity contribution in [1.82, 2.24) is 0 Å². The lowest BCUT2D eigenvalue weighted by atomic mass is 9.64. The zero-order valence-corrected chi connectivity index (χ0v) is 31.7. The van der Waals surface area contributed by atoms with Crippen LogP contribution < -0.4 is 18.9 Å². The third kappa shape index (κ3) is 7.13. The van der Waals surface area contributed by atoms with Crippen molar-refractivity contribution in [1.29, 1.82) is 5.41 Å². The SMILES string of the molecule is CCc1cc(O)cc(COc2c(OC3OC(C(=O)O)C4(O)C(C5=NC=NC5)C=CC3(O)C4O)cc3c(c2O)C(O)=CC(c2ccc(OCC(O)C4=NC(=N)C=C4)cc2)O3)c1. The summed E-state index contributed by atoms with van der Waals surface area (Å²) in [7, 11) is 0. The van der Waals surface area contributed by atoms with E-state index in [9.17, 15) is 45.6 Å². The van der Waals surface area contributed by atoms with Crippen LogP contribution in [-0.2, 0) is 22.6 Å². The van der Waals surface area contributed by atoms with E-state index in [-0.39, 0.29) is 54.1 Å². The van der Waals surface area contributed by atoms with Gasteiger partial charge in [0, 0.05) is 12.1 Å². The van der Waals surface area contributed by atoms with Gasteiger partial charge >= 0.3 is 5.97 Å². The van der Waals surface area contributed by atoms with Gasteiger partial charge in [-0.1, -0.05) is 31.2 Å². The maximum atomic E-state index is 12.7. The van der Waals surface area contributed by atoms with Crippen LogP contribution in [0.4, 0.5) is 0 Å². The van der Waals surface area contributed by atoms with Gasteiger partial charge in [-0.2, -0.15) is 0 Å². The minimum Gasteiger partial charge on any atom is -0.508 e. The Hall–Kier alpha value is -6.57. The number of aromatic hydroxyl groups is 2. The Morgan fingerprint density at radius 3 is 2.50 bits per heavy atom. The maximum absolute atomic E-state index is 12.7. The third-order valence-electron chi connectivity index (χ3n) is 10.8. The fourth-order valence-corrected chi connectivity index (χ4v) is 7.73. The van der Waals surface area contributed by atoms with E-state index in [1.165, 1.54) is 42.8 Å². The number of aliphatic hydroxyl groups excluding tert-OH is 3. The molecule has 0 radical (unpaired) electrons. The van der Waals surface area contributed by atoms with Gasteiger partial charge in [0.1, 0.15) is 77.9 Å². The second-order valence-corrected chi connectivity index (χ2v) is 14.7. The lowest BCUT2D eigenvalue weighted by Crippen LogP contribution is -2.78. The predicted octanol–water partition coefficient (Wildman–Crippen LogP) is 2.68. The Morgan fingerprint density at radius 2 is 1.82 bits per heavy atom. The summed E-state index contributed by atoms with van der Waals surface area (Å²) in [5.74, 6) is -4.57. The number of hydrogen-bond donors (Lipinski definition) is 9. The van der Waals surface area contributed by atoms with E-state index < -0.39 is 71.1 Å². The van der Waals surface area contributed by atoms with Gasteiger partial charge in [0.25, 0.3) is 0 Å². The molecule has 0 amide bonds. The monoisotopic (exact) mass is 824 g/mol. The van der Waals surface area contributed by atoms with E-state index in [0.717, 1.165) is 11.6 Å². The van der Waals surface area contributed by atoms with Gasteiger partial charge in [-0.25, -0.2) is 14.8 Å². The van der Waals surface area contributed by atoms with Crippen molar-refractivity contribution in [3.63, 3.8) is 0 Å². The summed E-state index contributed by atoms with van der Waals surface area (Å²) in [6, 6.07) is 12.5. The highest BCUT2D eigenvalue weighted by atomic mass is 16.7. The number of rotatable bonds is 13. The first-order chi connectivity index (χ1) is 28.7. The molecule has 8 rings (SSSR count). The van der Waals surface area contributed by atoms with Crippen LogP contribution in [0.25, 0.3) is 5.76 Å². The lowest BCUT2D eigenvalue weighted by molar-refractivity contribution is -0.337. The van der Waals surface area contributed by atoms with Gasteiger partial charge in [-0.05, 0) is 65.6 Å². The zero-order valence-electron chi connectivity index (χ0n) is 31.7. The van der Waals surface area contributed by atoms with Crippen LogP contribution in [0.15, 0.2) is 93.9 Å². The van der Waals surface area contributed by atoms with Gasteiger partial charge < -0.3 is 64.5 Å². The summed E-state index contributed by atoms with van der Waals surface area (Å²) in [6.07, 6.45) is 0.0643. The summed E-state index contributed by atoms with van der Waals surface area (Å²) in [5, 5.41) is 97.0. The molecule has 5 aliphatic rings. The molecule has 3 aromatic rings. The molecule has 8 unspecified atom stereocenters. The number of benzene rings is 3. The standard InChI is InChI=1S/C42H40N4O14/c1-2-20-11-21(13-23(47)12-20)17-57-36-32(59-40-41(54)10-9-25(27-16-44-19-45-27)42(55,39(41)53)37(60-40)38(51)52)15-31-34(35(36)50)28(48)14-30(58-31)22-3-5-24(6-4-22)56-18-29(49)26-7-8-33(43)46-26/h3-15,19,25,29-30,37,39-40,43,47-50,53-55H,2,16-18H2,1H3,(H,51,52). The lowest BCUT2D eigenvalue weighted by Gasteiger charge is -2.55. The molecule has 9 N–H and O–H groups in total. The largest absolute Gasteiger partial charge is 0.508 e. The number of ether oxygens (including phenoxy) is 5. The second-order valence-electron chi connectivity index (χ2n) is 14.7. The molecule has 3 aromatic carbocycles. The first-order valence-electron chi connectivity index (χ1n) is 18.8. The maximum Gasteiger partial charge on any atom is 0.336 e. The number of aryl methyl sites for hydroxylation is 1. The molecule has 60 heavy (non-hydrogen) atoms. The summed E-state index contributed by atoms with van der Waals surface area (Å²) in [6.45, 7) is 1.50. The Balaban J connectivity index is 1.12. The number of phenols is 2. The molecule has 4 aliphatic heterocycles. The van der Waals surface area contributed by atoms with Crippen molar-refractivity contribution in [2.24, 2.45) is 20.9 Å². The molecule has 1 fully saturated rings. The second kappa shape index (κ2) is 15.6. The summed E-state index contributed by atoms with van der Waals surface area (Å²) in [4.78, 5) is 24.7. The minimum absolute atomic E-state index is 0.00910. The van der Waals surface area contributed by atoms with E-state index in [4.69, 9.17) is 29.1 Å². The highest BCUT2D eigenvalue weighted by Crippen LogP contribution is 2.53. The van der Waals surface area contributed by atoms with Crippen LogP contribution in [0.1, 0.15) is 35.3 Å². The van der Waals surface area contributed by atoms with Gasteiger partial charge in [-0.3, -0.25) is 10.4 Å².